The quantitative estimate of drug-likeness (QED) is 0.649. The zero-order valence-electron chi connectivity index (χ0n) is 12.5. The molecule has 0 atom stereocenters. The molecular weight excluding hydrogens is 302 g/mol. The van der Waals surface area contributed by atoms with E-state index in [0.29, 0.717) is 11.4 Å². The lowest BCUT2D eigenvalue weighted by molar-refractivity contribution is -0.402. The standard InChI is InChI=1S/C15H15N3O5/c1-9(2)14(19)16-10-3-5-11(6-4-10)17-15(20)12-7-8-13(23-12)18(21)22/h3-9H,1-2H3,(H,16,19)(H,17,20). The normalized spacial score (nSPS) is 10.4. The van der Waals surface area contributed by atoms with E-state index in [4.69, 9.17) is 4.42 Å². The van der Waals surface area contributed by atoms with Crippen molar-refractivity contribution in [2.75, 3.05) is 10.6 Å². The first-order valence-corrected chi connectivity index (χ1v) is 6.83. The number of amides is 2. The number of carbonyl (C=O) groups is 2. The van der Waals surface area contributed by atoms with E-state index in [2.05, 4.69) is 10.6 Å². The molecular formula is C15H15N3O5. The molecule has 0 bridgehead atoms. The van der Waals surface area contributed by atoms with Crippen LogP contribution in [0.1, 0.15) is 24.4 Å². The van der Waals surface area contributed by atoms with Gasteiger partial charge in [0.15, 0.2) is 5.76 Å². The minimum atomic E-state index is -0.719. The van der Waals surface area contributed by atoms with Gasteiger partial charge in [-0.05, 0) is 30.3 Å². The predicted octanol–water partition coefficient (Wildman–Crippen LogP) is 3.03. The van der Waals surface area contributed by atoms with E-state index in [1.807, 2.05) is 0 Å². The van der Waals surface area contributed by atoms with E-state index >= 15 is 0 Å². The van der Waals surface area contributed by atoms with Gasteiger partial charge in [-0.2, -0.15) is 0 Å². The SMILES string of the molecule is CC(C)C(=O)Nc1ccc(NC(=O)c2ccc([N+](=O)[O-])o2)cc1. The van der Waals surface area contributed by atoms with Gasteiger partial charge in [0.05, 0.1) is 6.07 Å². The van der Waals surface area contributed by atoms with Gasteiger partial charge in [-0.1, -0.05) is 13.8 Å². The first kappa shape index (κ1) is 16.2. The third-order valence-corrected chi connectivity index (χ3v) is 2.93. The van der Waals surface area contributed by atoms with Gasteiger partial charge in [0.1, 0.15) is 4.92 Å². The minimum absolute atomic E-state index is 0.107. The molecule has 1 aromatic carbocycles. The number of hydrogen-bond acceptors (Lipinski definition) is 5. The van der Waals surface area contributed by atoms with E-state index in [1.165, 1.54) is 6.07 Å². The predicted molar refractivity (Wildman–Crippen MR) is 83.2 cm³/mol. The zero-order chi connectivity index (χ0) is 17.0. The fourth-order valence-electron chi connectivity index (χ4n) is 1.66. The number of benzene rings is 1. The summed E-state index contributed by atoms with van der Waals surface area (Å²) in [5.41, 5.74) is 1.08. The summed E-state index contributed by atoms with van der Waals surface area (Å²) < 4.78 is 4.81. The van der Waals surface area contributed by atoms with Gasteiger partial charge < -0.3 is 15.1 Å². The third-order valence-electron chi connectivity index (χ3n) is 2.93. The summed E-state index contributed by atoms with van der Waals surface area (Å²) in [6.07, 6.45) is 0. The molecule has 0 unspecified atom stereocenters. The van der Waals surface area contributed by atoms with Gasteiger partial charge in [0.2, 0.25) is 5.91 Å². The van der Waals surface area contributed by atoms with Crippen molar-refractivity contribution < 1.29 is 18.9 Å². The van der Waals surface area contributed by atoms with Crippen molar-refractivity contribution in [1.29, 1.82) is 0 Å². The molecule has 1 heterocycles. The maximum atomic E-state index is 11.9. The Bertz CT molecular complexity index is 734. The first-order chi connectivity index (χ1) is 10.9. The van der Waals surface area contributed by atoms with Crippen LogP contribution in [0, 0.1) is 16.0 Å². The van der Waals surface area contributed by atoms with Crippen LogP contribution in [0.15, 0.2) is 40.8 Å². The highest BCUT2D eigenvalue weighted by Crippen LogP contribution is 2.18. The molecule has 1 aromatic heterocycles. The topological polar surface area (TPSA) is 114 Å². The Balaban J connectivity index is 2.01. The van der Waals surface area contributed by atoms with E-state index in [9.17, 15) is 19.7 Å². The lowest BCUT2D eigenvalue weighted by Crippen LogP contribution is -2.17. The molecule has 2 amide bonds. The summed E-state index contributed by atoms with van der Waals surface area (Å²) in [7, 11) is 0. The van der Waals surface area contributed by atoms with Crippen LogP contribution in [0.25, 0.3) is 0 Å². The molecule has 0 aliphatic carbocycles. The molecule has 0 saturated heterocycles. The third kappa shape index (κ3) is 4.16. The number of carbonyl (C=O) groups excluding carboxylic acids is 2. The Morgan fingerprint density at radius 2 is 1.61 bits per heavy atom. The van der Waals surface area contributed by atoms with Gasteiger partial charge >= 0.3 is 5.88 Å². The van der Waals surface area contributed by atoms with Crippen LogP contribution in [0.5, 0.6) is 0 Å². The maximum Gasteiger partial charge on any atom is 0.433 e. The highest BCUT2D eigenvalue weighted by molar-refractivity contribution is 6.02. The largest absolute Gasteiger partial charge is 0.433 e. The molecule has 8 heteroatoms. The summed E-state index contributed by atoms with van der Waals surface area (Å²) >= 11 is 0. The summed E-state index contributed by atoms with van der Waals surface area (Å²) in [5, 5.41) is 15.8. The van der Waals surface area contributed by atoms with Crippen molar-refractivity contribution in [3.8, 4) is 0 Å². The molecule has 0 radical (unpaired) electrons. The van der Waals surface area contributed by atoms with Gasteiger partial charge in [0, 0.05) is 17.3 Å². The van der Waals surface area contributed by atoms with E-state index in [-0.39, 0.29) is 17.6 Å². The number of anilines is 2. The fourth-order valence-corrected chi connectivity index (χ4v) is 1.66. The van der Waals surface area contributed by atoms with Crippen LogP contribution in [-0.2, 0) is 4.79 Å². The molecule has 0 saturated carbocycles. The number of furan rings is 1. The number of hydrogen-bond donors (Lipinski definition) is 2. The molecule has 2 N–H and O–H groups in total. The molecule has 2 rings (SSSR count). The van der Waals surface area contributed by atoms with Crippen molar-refractivity contribution in [3.05, 3.63) is 52.3 Å². The molecule has 120 valence electrons. The lowest BCUT2D eigenvalue weighted by Gasteiger charge is -2.08. The number of nitrogens with zero attached hydrogens (tertiary/aromatic N) is 1. The van der Waals surface area contributed by atoms with Crippen LogP contribution in [0.3, 0.4) is 0 Å². The van der Waals surface area contributed by atoms with Crippen LogP contribution < -0.4 is 10.6 Å². The second-order valence-electron chi connectivity index (χ2n) is 5.07. The Kier molecular flexibility index (Phi) is 4.75. The Morgan fingerprint density at radius 3 is 2.09 bits per heavy atom. The summed E-state index contributed by atoms with van der Waals surface area (Å²) in [6.45, 7) is 3.57. The van der Waals surface area contributed by atoms with Crippen LogP contribution in [0.4, 0.5) is 17.3 Å². The van der Waals surface area contributed by atoms with Gasteiger partial charge in [0.25, 0.3) is 5.91 Å². The minimum Gasteiger partial charge on any atom is -0.395 e. The van der Waals surface area contributed by atoms with Crippen molar-refractivity contribution >= 4 is 29.1 Å². The number of nitrogens with one attached hydrogen (secondary N) is 2. The molecule has 0 aliphatic rings. The fraction of sp³-hybridized carbons (Fsp3) is 0.200. The second-order valence-corrected chi connectivity index (χ2v) is 5.07. The summed E-state index contributed by atoms with van der Waals surface area (Å²) in [6, 6.07) is 8.82. The average Bonchev–Trinajstić information content (AvgIpc) is 2.99. The molecule has 0 fully saturated rings. The lowest BCUT2D eigenvalue weighted by atomic mass is 10.2. The second kappa shape index (κ2) is 6.73. The molecule has 0 aliphatic heterocycles. The molecule has 0 spiro atoms. The summed E-state index contributed by atoms with van der Waals surface area (Å²) in [5.74, 6) is -1.50. The van der Waals surface area contributed by atoms with Crippen LogP contribution in [-0.4, -0.2) is 16.7 Å². The maximum absolute atomic E-state index is 11.9. The van der Waals surface area contributed by atoms with Crippen molar-refractivity contribution in [2.45, 2.75) is 13.8 Å². The summed E-state index contributed by atoms with van der Waals surface area (Å²) in [4.78, 5) is 33.3. The van der Waals surface area contributed by atoms with E-state index in [0.717, 1.165) is 6.07 Å². The van der Waals surface area contributed by atoms with Crippen molar-refractivity contribution in [2.24, 2.45) is 5.92 Å². The van der Waals surface area contributed by atoms with E-state index < -0.39 is 16.7 Å². The van der Waals surface area contributed by atoms with Crippen LogP contribution in [0.2, 0.25) is 0 Å². The molecule has 2 aromatic rings. The number of rotatable bonds is 5. The molecule has 8 nitrogen and oxygen atoms in total. The average molecular weight is 317 g/mol. The highest BCUT2D eigenvalue weighted by Gasteiger charge is 2.17. The number of nitro groups is 1. The Labute approximate surface area is 131 Å². The molecule has 23 heavy (non-hydrogen) atoms. The van der Waals surface area contributed by atoms with Crippen LogP contribution >= 0.6 is 0 Å². The highest BCUT2D eigenvalue weighted by atomic mass is 16.6. The Morgan fingerprint density at radius 1 is 1.04 bits per heavy atom. The van der Waals surface area contributed by atoms with Gasteiger partial charge in [-0.15, -0.1) is 0 Å². The smallest absolute Gasteiger partial charge is 0.395 e. The van der Waals surface area contributed by atoms with E-state index in [1.54, 1.807) is 38.1 Å². The monoisotopic (exact) mass is 317 g/mol. The van der Waals surface area contributed by atoms with Gasteiger partial charge in [-0.25, -0.2) is 0 Å². The zero-order valence-corrected chi connectivity index (χ0v) is 12.5. The first-order valence-electron chi connectivity index (χ1n) is 6.83. The van der Waals surface area contributed by atoms with Gasteiger partial charge in [-0.3, -0.25) is 19.7 Å². The van der Waals surface area contributed by atoms with Crippen molar-refractivity contribution in [3.63, 3.8) is 0 Å². The Hall–Kier alpha value is -3.16. The van der Waals surface area contributed by atoms with Crippen molar-refractivity contribution in [1.82, 2.24) is 0 Å².